The van der Waals surface area contributed by atoms with Crippen LogP contribution < -0.4 is 10.2 Å². The molecule has 0 bridgehead atoms. The summed E-state index contributed by atoms with van der Waals surface area (Å²) in [5, 5.41) is 18.4. The van der Waals surface area contributed by atoms with Gasteiger partial charge in [-0.1, -0.05) is 6.07 Å². The normalized spacial score (nSPS) is 14.7. The van der Waals surface area contributed by atoms with Gasteiger partial charge in [0.2, 0.25) is 5.91 Å². The highest BCUT2D eigenvalue weighted by atomic mass is 19.4. The number of carboxylic acids is 2. The van der Waals surface area contributed by atoms with Gasteiger partial charge in [-0.05, 0) is 18.2 Å². The number of carbonyl (C=O) groups is 3. The van der Waals surface area contributed by atoms with E-state index in [1.807, 2.05) is 4.90 Å². The molecule has 0 radical (unpaired) electrons. The van der Waals surface area contributed by atoms with Crippen LogP contribution >= 0.6 is 0 Å². The van der Waals surface area contributed by atoms with E-state index in [0.717, 1.165) is 25.7 Å². The van der Waals surface area contributed by atoms with E-state index < -0.39 is 23.7 Å². The Bertz CT molecular complexity index is 744. The van der Waals surface area contributed by atoms with E-state index in [1.54, 1.807) is 6.07 Å². The third-order valence-corrected chi connectivity index (χ3v) is 4.08. The summed E-state index contributed by atoms with van der Waals surface area (Å²) in [6.07, 6.45) is -3.19. The average Bonchev–Trinajstić information content (AvgIpc) is 2.67. The number of alkyl halides is 3. The van der Waals surface area contributed by atoms with Gasteiger partial charge in [0, 0.05) is 64.0 Å². The topological polar surface area (TPSA) is 110 Å². The maximum absolute atomic E-state index is 12.7. The monoisotopic (exact) mass is 431 g/mol. The zero-order valence-electron chi connectivity index (χ0n) is 16.4. The molecule has 1 aromatic rings. The summed E-state index contributed by atoms with van der Waals surface area (Å²) in [4.78, 5) is 34.1. The van der Waals surface area contributed by atoms with Crippen LogP contribution in [-0.2, 0) is 20.6 Å². The first-order chi connectivity index (χ1) is 14.0. The highest BCUT2D eigenvalue weighted by Crippen LogP contribution is 2.31. The quantitative estimate of drug-likeness (QED) is 0.588. The fourth-order valence-corrected chi connectivity index (χ4v) is 2.64. The number of anilines is 1. The van der Waals surface area contributed by atoms with Crippen LogP contribution in [0.15, 0.2) is 36.4 Å². The Morgan fingerprint density at radius 1 is 1.07 bits per heavy atom. The molecule has 0 aliphatic carbocycles. The van der Waals surface area contributed by atoms with Gasteiger partial charge in [-0.25, -0.2) is 9.59 Å². The standard InChI is InChI=1S/C15H20F3N3O.C4H4O4/c1-12(22)19-5-6-20-7-9-21(10-8-20)14-4-2-3-13(11-14)15(16,17)18;5-3(6)1-2-4(7)8/h2-4,11H,5-10H2,1H3,(H,19,22);1-2H,(H,5,6)(H,7,8). The fraction of sp³-hybridized carbons (Fsp3) is 0.421. The molecule has 1 aliphatic rings. The number of nitrogens with one attached hydrogen (secondary N) is 1. The lowest BCUT2D eigenvalue weighted by Crippen LogP contribution is -2.48. The predicted octanol–water partition coefficient (Wildman–Crippen LogP) is 1.68. The van der Waals surface area contributed by atoms with Crippen molar-refractivity contribution >= 4 is 23.5 Å². The van der Waals surface area contributed by atoms with Crippen molar-refractivity contribution in [3.63, 3.8) is 0 Å². The molecular formula is C19H24F3N3O5. The van der Waals surface area contributed by atoms with Crippen LogP contribution in [-0.4, -0.2) is 72.2 Å². The SMILES string of the molecule is CC(=O)NCCN1CCN(c2cccc(C(F)(F)F)c2)CC1.O=C(O)C=CC(=O)O. The minimum Gasteiger partial charge on any atom is -0.478 e. The molecule has 0 saturated carbocycles. The summed E-state index contributed by atoms with van der Waals surface area (Å²) < 4.78 is 38.2. The van der Waals surface area contributed by atoms with Gasteiger partial charge in [-0.15, -0.1) is 0 Å². The first-order valence-corrected chi connectivity index (χ1v) is 9.02. The summed E-state index contributed by atoms with van der Waals surface area (Å²) in [5.74, 6) is -2.57. The highest BCUT2D eigenvalue weighted by molar-refractivity contribution is 5.89. The van der Waals surface area contributed by atoms with Crippen molar-refractivity contribution in [1.82, 2.24) is 10.2 Å². The number of piperazine rings is 1. The van der Waals surface area contributed by atoms with Crippen LogP contribution in [0.25, 0.3) is 0 Å². The molecule has 0 spiro atoms. The van der Waals surface area contributed by atoms with Gasteiger partial charge >= 0.3 is 18.1 Å². The lowest BCUT2D eigenvalue weighted by Gasteiger charge is -2.36. The molecule has 2 rings (SSSR count). The Morgan fingerprint density at radius 3 is 2.10 bits per heavy atom. The van der Waals surface area contributed by atoms with Crippen molar-refractivity contribution in [2.45, 2.75) is 13.1 Å². The average molecular weight is 431 g/mol. The van der Waals surface area contributed by atoms with Crippen molar-refractivity contribution in [2.24, 2.45) is 0 Å². The Morgan fingerprint density at radius 2 is 1.63 bits per heavy atom. The summed E-state index contributed by atoms with van der Waals surface area (Å²) in [6, 6.07) is 5.45. The number of carboxylic acid groups (broad SMARTS) is 2. The Kier molecular flexibility index (Phi) is 9.82. The largest absolute Gasteiger partial charge is 0.478 e. The van der Waals surface area contributed by atoms with E-state index in [9.17, 15) is 27.6 Å². The second-order valence-corrected chi connectivity index (χ2v) is 6.37. The summed E-state index contributed by atoms with van der Waals surface area (Å²) in [6.45, 7) is 5.74. The number of aliphatic carboxylic acids is 2. The maximum atomic E-state index is 12.7. The van der Waals surface area contributed by atoms with Gasteiger partial charge in [0.15, 0.2) is 0 Å². The van der Waals surface area contributed by atoms with Crippen molar-refractivity contribution in [3.8, 4) is 0 Å². The lowest BCUT2D eigenvalue weighted by molar-refractivity contribution is -0.137. The second-order valence-electron chi connectivity index (χ2n) is 6.37. The molecule has 3 N–H and O–H groups in total. The molecule has 1 fully saturated rings. The number of hydrogen-bond donors (Lipinski definition) is 3. The van der Waals surface area contributed by atoms with Gasteiger partial charge in [-0.3, -0.25) is 9.69 Å². The van der Waals surface area contributed by atoms with Crippen LogP contribution in [0, 0.1) is 0 Å². The van der Waals surface area contributed by atoms with Gasteiger partial charge in [-0.2, -0.15) is 13.2 Å². The second kappa shape index (κ2) is 11.8. The third-order valence-electron chi connectivity index (χ3n) is 4.08. The minimum absolute atomic E-state index is 0.0531. The molecule has 166 valence electrons. The fourth-order valence-electron chi connectivity index (χ4n) is 2.64. The van der Waals surface area contributed by atoms with E-state index in [1.165, 1.54) is 19.1 Å². The highest BCUT2D eigenvalue weighted by Gasteiger charge is 2.31. The number of amides is 1. The van der Waals surface area contributed by atoms with E-state index in [2.05, 4.69) is 10.2 Å². The molecule has 0 aromatic heterocycles. The summed E-state index contributed by atoms with van der Waals surface area (Å²) >= 11 is 0. The number of halogens is 3. The molecule has 1 aromatic carbocycles. The predicted molar refractivity (Wildman–Crippen MR) is 103 cm³/mol. The van der Waals surface area contributed by atoms with E-state index >= 15 is 0 Å². The molecule has 1 saturated heterocycles. The lowest BCUT2D eigenvalue weighted by atomic mass is 10.1. The summed E-state index contributed by atoms with van der Waals surface area (Å²) in [5.41, 5.74) is -0.00516. The number of nitrogens with zero attached hydrogens (tertiary/aromatic N) is 2. The third kappa shape index (κ3) is 9.92. The molecule has 1 amide bonds. The maximum Gasteiger partial charge on any atom is 0.416 e. The zero-order valence-corrected chi connectivity index (χ0v) is 16.4. The molecule has 0 atom stereocenters. The van der Waals surface area contributed by atoms with Gasteiger partial charge in [0.25, 0.3) is 0 Å². The smallest absolute Gasteiger partial charge is 0.416 e. The van der Waals surface area contributed by atoms with Crippen LogP contribution in [0.1, 0.15) is 12.5 Å². The van der Waals surface area contributed by atoms with Crippen LogP contribution in [0.3, 0.4) is 0 Å². The first kappa shape index (κ1) is 25.0. The van der Waals surface area contributed by atoms with E-state index in [4.69, 9.17) is 10.2 Å². The van der Waals surface area contributed by atoms with Crippen molar-refractivity contribution < 1.29 is 37.8 Å². The van der Waals surface area contributed by atoms with E-state index in [-0.39, 0.29) is 5.91 Å². The molecule has 8 nitrogen and oxygen atoms in total. The number of hydrogen-bond acceptors (Lipinski definition) is 5. The summed E-state index contributed by atoms with van der Waals surface area (Å²) in [7, 11) is 0. The zero-order chi connectivity index (χ0) is 22.7. The van der Waals surface area contributed by atoms with Gasteiger partial charge in [0.1, 0.15) is 0 Å². The molecule has 11 heteroatoms. The first-order valence-electron chi connectivity index (χ1n) is 9.02. The Labute approximate surface area is 171 Å². The van der Waals surface area contributed by atoms with E-state index in [0.29, 0.717) is 37.5 Å². The van der Waals surface area contributed by atoms with Crippen LogP contribution in [0.4, 0.5) is 18.9 Å². The van der Waals surface area contributed by atoms with Crippen molar-refractivity contribution in [3.05, 3.63) is 42.0 Å². The Hall–Kier alpha value is -3.08. The molecule has 30 heavy (non-hydrogen) atoms. The van der Waals surface area contributed by atoms with Crippen LogP contribution in [0.2, 0.25) is 0 Å². The minimum atomic E-state index is -4.31. The Balaban J connectivity index is 0.000000479. The number of carbonyl (C=O) groups excluding carboxylic acids is 1. The van der Waals surface area contributed by atoms with Crippen molar-refractivity contribution in [2.75, 3.05) is 44.2 Å². The van der Waals surface area contributed by atoms with Crippen molar-refractivity contribution in [1.29, 1.82) is 0 Å². The van der Waals surface area contributed by atoms with Gasteiger partial charge < -0.3 is 20.4 Å². The number of rotatable bonds is 6. The number of benzene rings is 1. The van der Waals surface area contributed by atoms with Crippen LogP contribution in [0.5, 0.6) is 0 Å². The molecule has 1 heterocycles. The molecule has 1 aliphatic heterocycles. The molecule has 0 unspecified atom stereocenters. The van der Waals surface area contributed by atoms with Gasteiger partial charge in [0.05, 0.1) is 5.56 Å². The molecular weight excluding hydrogens is 407 g/mol.